The van der Waals surface area contributed by atoms with E-state index in [0.717, 1.165) is 46.4 Å². The van der Waals surface area contributed by atoms with E-state index in [9.17, 15) is 14.5 Å². The van der Waals surface area contributed by atoms with E-state index in [-0.39, 0.29) is 5.95 Å². The number of nitrogens with one attached hydrogen (secondary N) is 1. The Labute approximate surface area is 182 Å². The van der Waals surface area contributed by atoms with Crippen LogP contribution in [-0.2, 0) is 17.9 Å². The number of nitro benzene ring substituents is 1. The van der Waals surface area contributed by atoms with Crippen LogP contribution in [0.15, 0.2) is 42.6 Å². The second-order valence-corrected chi connectivity index (χ2v) is 7.81. The zero-order valence-corrected chi connectivity index (χ0v) is 17.6. The Balaban J connectivity index is 1.61. The van der Waals surface area contributed by atoms with Crippen molar-refractivity contribution >= 4 is 28.2 Å². The molecule has 162 valence electrons. The minimum absolute atomic E-state index is 0.268. The van der Waals surface area contributed by atoms with Crippen LogP contribution in [0.1, 0.15) is 16.8 Å². The van der Waals surface area contributed by atoms with Crippen molar-refractivity contribution < 1.29 is 14.1 Å². The van der Waals surface area contributed by atoms with Gasteiger partial charge >= 0.3 is 5.69 Å². The second kappa shape index (κ2) is 7.69. The van der Waals surface area contributed by atoms with Crippen molar-refractivity contribution in [2.45, 2.75) is 27.0 Å². The molecule has 2 aromatic carbocycles. The highest BCUT2D eigenvalue weighted by atomic mass is 19.1. The number of rotatable bonds is 4. The van der Waals surface area contributed by atoms with Gasteiger partial charge in [-0.1, -0.05) is 11.6 Å². The molecule has 9 heteroatoms. The molecular weight excluding hydrogens is 413 g/mol. The van der Waals surface area contributed by atoms with Crippen LogP contribution >= 0.6 is 0 Å². The predicted octanol–water partition coefficient (Wildman–Crippen LogP) is 5.04. The molecule has 3 heterocycles. The number of nitrogens with zero attached hydrogens (tertiary/aromatic N) is 4. The van der Waals surface area contributed by atoms with E-state index in [1.807, 2.05) is 13.0 Å². The zero-order chi connectivity index (χ0) is 22.4. The number of aryl methyl sites for hydroxylation is 2. The summed E-state index contributed by atoms with van der Waals surface area (Å²) in [5.74, 6) is -0.612. The van der Waals surface area contributed by atoms with E-state index < -0.39 is 16.4 Å². The molecule has 8 nitrogen and oxygen atoms in total. The van der Waals surface area contributed by atoms with Gasteiger partial charge in [0.25, 0.3) is 0 Å². The van der Waals surface area contributed by atoms with E-state index in [0.29, 0.717) is 30.2 Å². The summed E-state index contributed by atoms with van der Waals surface area (Å²) >= 11 is 0. The summed E-state index contributed by atoms with van der Waals surface area (Å²) in [6.07, 6.45) is 1.63. The molecule has 0 saturated heterocycles. The number of aromatic nitrogens is 3. The first-order chi connectivity index (χ1) is 15.4. The van der Waals surface area contributed by atoms with Gasteiger partial charge in [-0.05, 0) is 43.7 Å². The Morgan fingerprint density at radius 2 is 2.06 bits per heavy atom. The normalized spacial score (nSPS) is 13.2. The van der Waals surface area contributed by atoms with Crippen molar-refractivity contribution in [2.75, 3.05) is 11.9 Å². The summed E-state index contributed by atoms with van der Waals surface area (Å²) in [6.45, 7) is 5.62. The molecule has 1 N–H and O–H groups in total. The van der Waals surface area contributed by atoms with Crippen LogP contribution < -0.4 is 5.32 Å². The highest BCUT2D eigenvalue weighted by Crippen LogP contribution is 2.37. The number of halogens is 1. The van der Waals surface area contributed by atoms with Gasteiger partial charge in [0.15, 0.2) is 0 Å². The number of ether oxygens (including phenoxy) is 1. The minimum Gasteiger partial charge on any atom is -0.373 e. The van der Waals surface area contributed by atoms with Crippen LogP contribution in [-0.4, -0.2) is 26.1 Å². The molecule has 0 saturated carbocycles. The molecule has 2 aromatic heterocycles. The molecular formula is C23H20FN5O3. The van der Waals surface area contributed by atoms with E-state index in [1.54, 1.807) is 13.1 Å². The van der Waals surface area contributed by atoms with Gasteiger partial charge in [0.1, 0.15) is 0 Å². The maximum absolute atomic E-state index is 13.9. The van der Waals surface area contributed by atoms with E-state index in [2.05, 4.69) is 38.1 Å². The summed E-state index contributed by atoms with van der Waals surface area (Å²) < 4.78 is 21.9. The summed E-state index contributed by atoms with van der Waals surface area (Å²) in [4.78, 5) is 19.3. The van der Waals surface area contributed by atoms with E-state index in [4.69, 9.17) is 4.74 Å². The molecule has 0 radical (unpaired) electrons. The number of anilines is 2. The Kier molecular flexibility index (Phi) is 4.82. The highest BCUT2D eigenvalue weighted by molar-refractivity contribution is 5.98. The third-order valence-corrected chi connectivity index (χ3v) is 5.67. The first kappa shape index (κ1) is 20.1. The average molecular weight is 433 g/mol. The van der Waals surface area contributed by atoms with E-state index >= 15 is 0 Å². The van der Waals surface area contributed by atoms with Gasteiger partial charge in [0, 0.05) is 35.3 Å². The highest BCUT2D eigenvalue weighted by Gasteiger charge is 2.23. The van der Waals surface area contributed by atoms with Crippen LogP contribution in [0.5, 0.6) is 0 Å². The largest absolute Gasteiger partial charge is 0.373 e. The van der Waals surface area contributed by atoms with Crippen molar-refractivity contribution in [3.05, 3.63) is 75.3 Å². The molecule has 1 aliphatic heterocycles. The second-order valence-electron chi connectivity index (χ2n) is 7.81. The topological polar surface area (TPSA) is 95.1 Å². The van der Waals surface area contributed by atoms with Gasteiger partial charge in [0.05, 0.1) is 35.2 Å². The van der Waals surface area contributed by atoms with Crippen LogP contribution in [0, 0.1) is 29.8 Å². The number of hydrogen-bond donors (Lipinski definition) is 1. The van der Waals surface area contributed by atoms with Crippen molar-refractivity contribution in [2.24, 2.45) is 0 Å². The quantitative estimate of drug-likeness (QED) is 0.358. The maximum atomic E-state index is 13.9. The maximum Gasteiger partial charge on any atom is 0.306 e. The third kappa shape index (κ3) is 3.36. The zero-order valence-electron chi connectivity index (χ0n) is 17.6. The lowest BCUT2D eigenvalue weighted by molar-refractivity contribution is -0.387. The molecule has 0 amide bonds. The fourth-order valence-electron chi connectivity index (χ4n) is 4.15. The van der Waals surface area contributed by atoms with Gasteiger partial charge in [0.2, 0.25) is 11.8 Å². The Morgan fingerprint density at radius 3 is 2.88 bits per heavy atom. The fraction of sp³-hybridized carbons (Fsp3) is 0.217. The predicted molar refractivity (Wildman–Crippen MR) is 118 cm³/mol. The van der Waals surface area contributed by atoms with Gasteiger partial charge < -0.3 is 14.6 Å². The first-order valence-electron chi connectivity index (χ1n) is 10.2. The SMILES string of the molecule is Cc1ccc2c(c1)c(-c1ccnc(Nc3cc([N+](=O)[O-])c(F)cc3C)n1)c1n2CCOC1. The van der Waals surface area contributed by atoms with Gasteiger partial charge in [-0.3, -0.25) is 10.1 Å². The first-order valence-corrected chi connectivity index (χ1v) is 10.2. The fourth-order valence-corrected chi connectivity index (χ4v) is 4.15. The van der Waals surface area contributed by atoms with Gasteiger partial charge in [-0.15, -0.1) is 0 Å². The summed E-state index contributed by atoms with van der Waals surface area (Å²) in [5.41, 5.74) is 5.30. The monoisotopic (exact) mass is 433 g/mol. The van der Waals surface area contributed by atoms with Crippen LogP contribution in [0.2, 0.25) is 0 Å². The average Bonchev–Trinajstić information content (AvgIpc) is 3.09. The van der Waals surface area contributed by atoms with Crippen LogP contribution in [0.3, 0.4) is 0 Å². The summed E-state index contributed by atoms with van der Waals surface area (Å²) in [5, 5.41) is 15.2. The standard InChI is InChI=1S/C23H20FN5O3/c1-13-3-4-19-15(9-13)22(21-12-32-8-7-28(19)21)17-5-6-25-23(26-17)27-18-11-20(29(30)31)16(24)10-14(18)2/h3-6,9-11H,7-8,12H2,1-2H3,(H,25,26,27). The molecule has 4 aromatic rings. The van der Waals surface area contributed by atoms with Crippen molar-refractivity contribution in [1.29, 1.82) is 0 Å². The van der Waals surface area contributed by atoms with Crippen molar-refractivity contribution in [3.63, 3.8) is 0 Å². The summed E-state index contributed by atoms with van der Waals surface area (Å²) in [7, 11) is 0. The lowest BCUT2D eigenvalue weighted by Crippen LogP contribution is -2.16. The number of fused-ring (bicyclic) bond motifs is 3. The van der Waals surface area contributed by atoms with Crippen molar-refractivity contribution in [1.82, 2.24) is 14.5 Å². The lowest BCUT2D eigenvalue weighted by atomic mass is 10.1. The Morgan fingerprint density at radius 1 is 1.22 bits per heavy atom. The molecule has 32 heavy (non-hydrogen) atoms. The Bertz CT molecular complexity index is 1380. The molecule has 5 rings (SSSR count). The summed E-state index contributed by atoms with van der Waals surface area (Å²) in [6, 6.07) is 10.5. The molecule has 1 aliphatic rings. The van der Waals surface area contributed by atoms with Gasteiger partial charge in [-0.25, -0.2) is 9.97 Å². The molecule has 0 fully saturated rings. The number of hydrogen-bond acceptors (Lipinski definition) is 6. The minimum atomic E-state index is -0.880. The lowest BCUT2D eigenvalue weighted by Gasteiger charge is -2.18. The van der Waals surface area contributed by atoms with Crippen LogP contribution in [0.25, 0.3) is 22.2 Å². The van der Waals surface area contributed by atoms with E-state index in [1.165, 1.54) is 0 Å². The molecule has 0 bridgehead atoms. The molecule has 0 aliphatic carbocycles. The number of nitro groups is 1. The Hall–Kier alpha value is -3.85. The molecule has 0 atom stereocenters. The number of benzene rings is 2. The third-order valence-electron chi connectivity index (χ3n) is 5.67. The molecule has 0 unspecified atom stereocenters. The molecule has 0 spiro atoms. The van der Waals surface area contributed by atoms with Crippen LogP contribution in [0.4, 0.5) is 21.7 Å². The van der Waals surface area contributed by atoms with Crippen molar-refractivity contribution in [3.8, 4) is 11.3 Å². The smallest absolute Gasteiger partial charge is 0.306 e. The van der Waals surface area contributed by atoms with Gasteiger partial charge in [-0.2, -0.15) is 4.39 Å².